The van der Waals surface area contributed by atoms with E-state index in [2.05, 4.69) is 29.1 Å². The lowest BCUT2D eigenvalue weighted by Crippen LogP contribution is -2.13. The molecule has 18 heavy (non-hydrogen) atoms. The first-order chi connectivity index (χ1) is 8.65. The van der Waals surface area contributed by atoms with Gasteiger partial charge in [0.2, 0.25) is 0 Å². The van der Waals surface area contributed by atoms with Crippen LogP contribution in [0.15, 0.2) is 24.4 Å². The lowest BCUT2D eigenvalue weighted by molar-refractivity contribution is 0.104. The van der Waals surface area contributed by atoms with Crippen LogP contribution < -0.4 is 5.32 Å². The van der Waals surface area contributed by atoms with Gasteiger partial charge in [0, 0.05) is 42.3 Å². The minimum atomic E-state index is 0.182. The van der Waals surface area contributed by atoms with Crippen molar-refractivity contribution in [3.8, 4) is 0 Å². The predicted molar refractivity (Wildman–Crippen MR) is 76.2 cm³/mol. The van der Waals surface area contributed by atoms with Crippen molar-refractivity contribution in [3.63, 3.8) is 0 Å². The average Bonchev–Trinajstić information content (AvgIpc) is 2.67. The molecule has 4 heteroatoms. The second kappa shape index (κ2) is 5.74. The van der Waals surface area contributed by atoms with Crippen LogP contribution in [0.1, 0.15) is 12.5 Å². The lowest BCUT2D eigenvalue weighted by Gasteiger charge is -2.11. The first-order valence-corrected chi connectivity index (χ1v) is 6.48. The summed E-state index contributed by atoms with van der Waals surface area (Å²) in [5.41, 5.74) is 2.45. The van der Waals surface area contributed by atoms with Crippen LogP contribution in [0.4, 0.5) is 0 Å². The van der Waals surface area contributed by atoms with Crippen LogP contribution in [0, 0.1) is 0 Å². The summed E-state index contributed by atoms with van der Waals surface area (Å²) >= 11 is 6.09. The number of aromatic nitrogens is 1. The van der Waals surface area contributed by atoms with Crippen LogP contribution in [0.25, 0.3) is 10.9 Å². The van der Waals surface area contributed by atoms with Crippen molar-refractivity contribution in [2.45, 2.75) is 26.1 Å². The molecule has 0 saturated heterocycles. The third kappa shape index (κ3) is 2.69. The fourth-order valence-corrected chi connectivity index (χ4v) is 2.34. The number of ether oxygens (including phenoxy) is 1. The molecule has 1 N–H and O–H groups in total. The highest BCUT2D eigenvalue weighted by atomic mass is 35.5. The van der Waals surface area contributed by atoms with E-state index in [1.807, 2.05) is 19.2 Å². The maximum Gasteiger partial charge on any atom is 0.0722 e. The molecule has 0 fully saturated rings. The standard InChI is InChI=1S/C14H19ClN2O/c1-10(18-3)8-17-9-11(7-16-2)13-5-4-12(15)6-14(13)17/h4-6,9-10,16H,7-8H2,1-3H3. The Balaban J connectivity index is 2.47. The van der Waals surface area contributed by atoms with Gasteiger partial charge >= 0.3 is 0 Å². The van der Waals surface area contributed by atoms with E-state index in [9.17, 15) is 0 Å². The van der Waals surface area contributed by atoms with Crippen LogP contribution in [0.2, 0.25) is 5.02 Å². The molecule has 0 radical (unpaired) electrons. The van der Waals surface area contributed by atoms with Gasteiger partial charge in [-0.3, -0.25) is 0 Å². The third-order valence-electron chi connectivity index (χ3n) is 3.15. The minimum Gasteiger partial charge on any atom is -0.380 e. The highest BCUT2D eigenvalue weighted by molar-refractivity contribution is 6.31. The van der Waals surface area contributed by atoms with Gasteiger partial charge in [-0.25, -0.2) is 0 Å². The van der Waals surface area contributed by atoms with Crippen LogP contribution in [-0.4, -0.2) is 24.8 Å². The van der Waals surface area contributed by atoms with E-state index < -0.39 is 0 Å². The molecule has 0 bridgehead atoms. The Hall–Kier alpha value is -1.03. The zero-order valence-corrected chi connectivity index (χ0v) is 11.8. The highest BCUT2D eigenvalue weighted by Gasteiger charge is 2.10. The second-order valence-corrected chi connectivity index (χ2v) is 4.98. The van der Waals surface area contributed by atoms with Crippen molar-refractivity contribution in [1.29, 1.82) is 0 Å². The number of fused-ring (bicyclic) bond motifs is 1. The number of halogens is 1. The van der Waals surface area contributed by atoms with Crippen LogP contribution in [0.3, 0.4) is 0 Å². The van der Waals surface area contributed by atoms with Gasteiger partial charge in [-0.05, 0) is 31.7 Å². The van der Waals surface area contributed by atoms with E-state index in [0.717, 1.165) is 23.6 Å². The Morgan fingerprint density at radius 3 is 2.89 bits per heavy atom. The molecule has 0 aliphatic rings. The molecule has 1 aromatic carbocycles. The van der Waals surface area contributed by atoms with Crippen molar-refractivity contribution < 1.29 is 4.74 Å². The molecule has 1 heterocycles. The Bertz CT molecular complexity index is 536. The summed E-state index contributed by atoms with van der Waals surface area (Å²) in [6, 6.07) is 6.03. The van der Waals surface area contributed by atoms with Crippen LogP contribution in [0.5, 0.6) is 0 Å². The summed E-state index contributed by atoms with van der Waals surface area (Å²) in [6.45, 7) is 3.75. The summed E-state index contributed by atoms with van der Waals surface area (Å²) < 4.78 is 7.54. The topological polar surface area (TPSA) is 26.2 Å². The molecule has 0 saturated carbocycles. The Morgan fingerprint density at radius 1 is 1.44 bits per heavy atom. The van der Waals surface area contributed by atoms with Crippen molar-refractivity contribution in [2.75, 3.05) is 14.2 Å². The number of nitrogens with one attached hydrogen (secondary N) is 1. The molecule has 1 atom stereocenters. The van der Waals surface area contributed by atoms with Gasteiger partial charge in [0.15, 0.2) is 0 Å². The van der Waals surface area contributed by atoms with Gasteiger partial charge in [0.05, 0.1) is 6.10 Å². The SMILES string of the molecule is CNCc1cn(CC(C)OC)c2cc(Cl)ccc12. The highest BCUT2D eigenvalue weighted by Crippen LogP contribution is 2.25. The van der Waals surface area contributed by atoms with E-state index >= 15 is 0 Å². The molecule has 2 rings (SSSR count). The first kappa shape index (κ1) is 13.4. The van der Waals surface area contributed by atoms with E-state index in [1.54, 1.807) is 7.11 Å². The molecule has 0 aliphatic carbocycles. The molecule has 1 aromatic heterocycles. The smallest absolute Gasteiger partial charge is 0.0722 e. The number of hydrogen-bond donors (Lipinski definition) is 1. The summed E-state index contributed by atoms with van der Waals surface area (Å²) in [6.07, 6.45) is 2.36. The Morgan fingerprint density at radius 2 is 2.22 bits per heavy atom. The van der Waals surface area contributed by atoms with Gasteiger partial charge in [-0.1, -0.05) is 17.7 Å². The summed E-state index contributed by atoms with van der Waals surface area (Å²) in [5, 5.41) is 5.21. The number of hydrogen-bond acceptors (Lipinski definition) is 2. The van der Waals surface area contributed by atoms with E-state index in [1.165, 1.54) is 10.9 Å². The maximum atomic E-state index is 6.09. The molecular formula is C14H19ClN2O. The van der Waals surface area contributed by atoms with Gasteiger partial charge in [0.25, 0.3) is 0 Å². The lowest BCUT2D eigenvalue weighted by atomic mass is 10.2. The quantitative estimate of drug-likeness (QED) is 0.900. The zero-order chi connectivity index (χ0) is 13.1. The fraction of sp³-hybridized carbons (Fsp3) is 0.429. The summed E-state index contributed by atoms with van der Waals surface area (Å²) in [7, 11) is 3.69. The van der Waals surface area contributed by atoms with E-state index in [-0.39, 0.29) is 6.10 Å². The van der Waals surface area contributed by atoms with Crippen molar-refractivity contribution in [2.24, 2.45) is 0 Å². The van der Waals surface area contributed by atoms with Gasteiger partial charge in [-0.2, -0.15) is 0 Å². The van der Waals surface area contributed by atoms with Crippen LogP contribution >= 0.6 is 11.6 Å². The molecule has 2 aromatic rings. The fourth-order valence-electron chi connectivity index (χ4n) is 2.18. The molecule has 3 nitrogen and oxygen atoms in total. The van der Waals surface area contributed by atoms with Crippen molar-refractivity contribution >= 4 is 22.5 Å². The Labute approximate surface area is 113 Å². The molecule has 1 unspecified atom stereocenters. The second-order valence-electron chi connectivity index (χ2n) is 4.54. The van der Waals surface area contributed by atoms with E-state index in [4.69, 9.17) is 16.3 Å². The molecule has 0 amide bonds. The predicted octanol–water partition coefficient (Wildman–Crippen LogP) is 3.05. The van der Waals surface area contributed by atoms with E-state index in [0.29, 0.717) is 0 Å². The molecule has 98 valence electrons. The normalized spacial score (nSPS) is 13.1. The van der Waals surface area contributed by atoms with Gasteiger partial charge in [0.1, 0.15) is 0 Å². The van der Waals surface area contributed by atoms with Gasteiger partial charge in [-0.15, -0.1) is 0 Å². The first-order valence-electron chi connectivity index (χ1n) is 6.10. The minimum absolute atomic E-state index is 0.182. The summed E-state index contributed by atoms with van der Waals surface area (Å²) in [4.78, 5) is 0. The third-order valence-corrected chi connectivity index (χ3v) is 3.39. The zero-order valence-electron chi connectivity index (χ0n) is 11.0. The largest absolute Gasteiger partial charge is 0.380 e. The molecular weight excluding hydrogens is 248 g/mol. The van der Waals surface area contributed by atoms with Crippen LogP contribution in [-0.2, 0) is 17.8 Å². The van der Waals surface area contributed by atoms with Crippen molar-refractivity contribution in [1.82, 2.24) is 9.88 Å². The number of methoxy groups -OCH3 is 1. The molecule has 0 spiro atoms. The molecule has 0 aliphatic heterocycles. The monoisotopic (exact) mass is 266 g/mol. The Kier molecular flexibility index (Phi) is 4.27. The van der Waals surface area contributed by atoms with Crippen molar-refractivity contribution in [3.05, 3.63) is 35.0 Å². The number of benzene rings is 1. The number of nitrogens with zero attached hydrogens (tertiary/aromatic N) is 1. The average molecular weight is 267 g/mol. The summed E-state index contributed by atoms with van der Waals surface area (Å²) in [5.74, 6) is 0. The number of rotatable bonds is 5. The maximum absolute atomic E-state index is 6.09. The van der Waals surface area contributed by atoms with Gasteiger partial charge < -0.3 is 14.6 Å².